The van der Waals surface area contributed by atoms with Crippen molar-refractivity contribution in [1.29, 1.82) is 0 Å². The van der Waals surface area contributed by atoms with E-state index in [0.29, 0.717) is 38.4 Å². The fourth-order valence-corrected chi connectivity index (χ4v) is 3.87. The Morgan fingerprint density at radius 3 is 2.32 bits per heavy atom. The molecule has 0 fully saturated rings. The van der Waals surface area contributed by atoms with Crippen LogP contribution in [-0.4, -0.2) is 27.9 Å². The minimum absolute atomic E-state index is 0.203. The Balaban J connectivity index is 1.78. The first-order valence-electron chi connectivity index (χ1n) is 9.06. The van der Waals surface area contributed by atoms with Crippen LogP contribution >= 0.6 is 23.2 Å². The van der Waals surface area contributed by atoms with Crippen molar-refractivity contribution in [3.8, 4) is 33.9 Å². The highest BCUT2D eigenvalue weighted by atomic mass is 35.5. The fourth-order valence-electron chi connectivity index (χ4n) is 3.04. The first kappa shape index (κ1) is 21.4. The van der Waals surface area contributed by atoms with Crippen LogP contribution < -0.4 is 0 Å². The Morgan fingerprint density at radius 2 is 1.58 bits per heavy atom. The van der Waals surface area contributed by atoms with Gasteiger partial charge in [0.2, 0.25) is 0 Å². The van der Waals surface area contributed by atoms with Crippen molar-refractivity contribution in [3.05, 3.63) is 82.6 Å². The number of nitrogens with zero attached hydrogens (tertiary/aromatic N) is 3. The molecule has 4 rings (SSSR count). The lowest BCUT2D eigenvalue weighted by Crippen LogP contribution is -1.98. The van der Waals surface area contributed by atoms with E-state index in [0.717, 1.165) is 11.3 Å². The zero-order valence-electron chi connectivity index (χ0n) is 16.1. The summed E-state index contributed by atoms with van der Waals surface area (Å²) in [5.74, 6) is 0.482. The van der Waals surface area contributed by atoms with Crippen LogP contribution in [0.1, 0.15) is 5.69 Å². The average Bonchev–Trinajstić information content (AvgIpc) is 2.75. The van der Waals surface area contributed by atoms with Gasteiger partial charge in [-0.15, -0.1) is 0 Å². The van der Waals surface area contributed by atoms with Crippen molar-refractivity contribution in [2.75, 3.05) is 0 Å². The Labute approximate surface area is 189 Å². The standard InChI is InChI=1S/C22H15Cl2N3O3S/c1-13-9-21(15-5-6-18(23)19(24)11-15)27-22(26-13)16-7-8-25-20(12-16)14-3-2-4-17(10-14)31(28,29)30/h2-12H,1H3,(H,28,29,30). The number of rotatable bonds is 4. The molecule has 0 aliphatic carbocycles. The summed E-state index contributed by atoms with van der Waals surface area (Å²) in [5.41, 5.74) is 4.01. The summed E-state index contributed by atoms with van der Waals surface area (Å²) < 4.78 is 32.2. The van der Waals surface area contributed by atoms with Crippen LogP contribution in [0.4, 0.5) is 0 Å². The molecule has 0 spiro atoms. The van der Waals surface area contributed by atoms with E-state index in [-0.39, 0.29) is 4.90 Å². The van der Waals surface area contributed by atoms with Crippen molar-refractivity contribution in [1.82, 2.24) is 15.0 Å². The molecule has 2 heterocycles. The van der Waals surface area contributed by atoms with E-state index in [2.05, 4.69) is 15.0 Å². The first-order valence-corrected chi connectivity index (χ1v) is 11.3. The summed E-state index contributed by atoms with van der Waals surface area (Å²) in [7, 11) is -4.32. The molecule has 9 heteroatoms. The molecule has 0 saturated carbocycles. The number of pyridine rings is 1. The molecule has 0 aliphatic rings. The largest absolute Gasteiger partial charge is 0.294 e. The number of benzene rings is 2. The van der Waals surface area contributed by atoms with Gasteiger partial charge in [0.1, 0.15) is 0 Å². The Bertz CT molecular complexity index is 1410. The third kappa shape index (κ3) is 4.75. The molecule has 1 N–H and O–H groups in total. The van der Waals surface area contributed by atoms with Gasteiger partial charge in [-0.3, -0.25) is 9.54 Å². The zero-order chi connectivity index (χ0) is 22.2. The van der Waals surface area contributed by atoms with Crippen molar-refractivity contribution < 1.29 is 13.0 Å². The van der Waals surface area contributed by atoms with Gasteiger partial charge in [0.05, 0.1) is 26.3 Å². The van der Waals surface area contributed by atoms with Gasteiger partial charge in [0, 0.05) is 28.6 Å². The van der Waals surface area contributed by atoms with E-state index in [4.69, 9.17) is 23.2 Å². The lowest BCUT2D eigenvalue weighted by molar-refractivity contribution is 0.483. The second-order valence-corrected chi connectivity index (χ2v) is 9.02. The molecule has 2 aromatic heterocycles. The predicted octanol–water partition coefficient (Wildman–Crippen LogP) is 5.73. The van der Waals surface area contributed by atoms with Crippen LogP contribution in [0.25, 0.3) is 33.9 Å². The van der Waals surface area contributed by atoms with Gasteiger partial charge in [-0.05, 0) is 49.4 Å². The minimum atomic E-state index is -4.32. The summed E-state index contributed by atoms with van der Waals surface area (Å²) in [6.07, 6.45) is 1.59. The average molecular weight is 472 g/mol. The van der Waals surface area contributed by atoms with Crippen LogP contribution in [0, 0.1) is 6.92 Å². The maximum atomic E-state index is 11.5. The highest BCUT2D eigenvalue weighted by Gasteiger charge is 2.13. The summed E-state index contributed by atoms with van der Waals surface area (Å²) in [6, 6.07) is 16.6. The maximum absolute atomic E-state index is 11.5. The van der Waals surface area contributed by atoms with Crippen LogP contribution in [0.15, 0.2) is 71.8 Å². The summed E-state index contributed by atoms with van der Waals surface area (Å²) in [4.78, 5) is 13.3. The van der Waals surface area contributed by atoms with E-state index in [9.17, 15) is 13.0 Å². The molecule has 0 saturated heterocycles. The van der Waals surface area contributed by atoms with Gasteiger partial charge in [-0.2, -0.15) is 8.42 Å². The highest BCUT2D eigenvalue weighted by molar-refractivity contribution is 7.85. The molecule has 0 unspecified atom stereocenters. The van der Waals surface area contributed by atoms with E-state index in [1.807, 2.05) is 19.1 Å². The van der Waals surface area contributed by atoms with E-state index < -0.39 is 10.1 Å². The summed E-state index contributed by atoms with van der Waals surface area (Å²) in [6.45, 7) is 1.86. The van der Waals surface area contributed by atoms with Gasteiger partial charge < -0.3 is 0 Å². The highest BCUT2D eigenvalue weighted by Crippen LogP contribution is 2.30. The van der Waals surface area contributed by atoms with Gasteiger partial charge in [-0.1, -0.05) is 41.4 Å². The van der Waals surface area contributed by atoms with E-state index >= 15 is 0 Å². The summed E-state index contributed by atoms with van der Waals surface area (Å²) >= 11 is 12.2. The Morgan fingerprint density at radius 1 is 0.806 bits per heavy atom. The monoisotopic (exact) mass is 471 g/mol. The minimum Gasteiger partial charge on any atom is -0.282 e. The number of hydrogen-bond donors (Lipinski definition) is 1. The van der Waals surface area contributed by atoms with Crippen LogP contribution in [0.3, 0.4) is 0 Å². The molecule has 4 aromatic rings. The third-order valence-corrected chi connectivity index (χ3v) is 6.10. The second-order valence-electron chi connectivity index (χ2n) is 6.78. The number of aromatic nitrogens is 3. The Hall–Kier alpha value is -2.84. The van der Waals surface area contributed by atoms with Gasteiger partial charge in [0.15, 0.2) is 5.82 Å². The molecular weight excluding hydrogens is 457 g/mol. The third-order valence-electron chi connectivity index (χ3n) is 4.52. The number of aryl methyl sites for hydroxylation is 1. The molecule has 0 aliphatic heterocycles. The van der Waals surface area contributed by atoms with Gasteiger partial charge >= 0.3 is 0 Å². The number of hydrogen-bond acceptors (Lipinski definition) is 5. The first-order chi connectivity index (χ1) is 14.7. The smallest absolute Gasteiger partial charge is 0.282 e. The molecule has 0 amide bonds. The van der Waals surface area contributed by atoms with Crippen molar-refractivity contribution >= 4 is 33.3 Å². The quantitative estimate of drug-likeness (QED) is 0.381. The molecule has 0 radical (unpaired) electrons. The van der Waals surface area contributed by atoms with Crippen molar-refractivity contribution in [2.45, 2.75) is 11.8 Å². The lowest BCUT2D eigenvalue weighted by atomic mass is 10.1. The molecule has 0 bridgehead atoms. The van der Waals surface area contributed by atoms with Crippen LogP contribution in [0.2, 0.25) is 10.0 Å². The van der Waals surface area contributed by atoms with Crippen LogP contribution in [-0.2, 0) is 10.1 Å². The van der Waals surface area contributed by atoms with Crippen molar-refractivity contribution in [3.63, 3.8) is 0 Å². The second kappa shape index (κ2) is 8.36. The van der Waals surface area contributed by atoms with Gasteiger partial charge in [-0.25, -0.2) is 9.97 Å². The van der Waals surface area contributed by atoms with Crippen molar-refractivity contribution in [2.24, 2.45) is 0 Å². The predicted molar refractivity (Wildman–Crippen MR) is 121 cm³/mol. The van der Waals surface area contributed by atoms with E-state index in [1.54, 1.807) is 42.6 Å². The normalized spacial score (nSPS) is 11.5. The maximum Gasteiger partial charge on any atom is 0.294 e. The molecule has 0 atom stereocenters. The molecule has 2 aromatic carbocycles. The number of halogens is 2. The Kier molecular flexibility index (Phi) is 5.77. The van der Waals surface area contributed by atoms with Crippen LogP contribution in [0.5, 0.6) is 0 Å². The molecule has 156 valence electrons. The molecular formula is C22H15Cl2N3O3S. The topological polar surface area (TPSA) is 93.0 Å². The van der Waals surface area contributed by atoms with E-state index in [1.165, 1.54) is 12.1 Å². The summed E-state index contributed by atoms with van der Waals surface area (Å²) in [5, 5.41) is 0.893. The fraction of sp³-hybridized carbons (Fsp3) is 0.0455. The molecule has 31 heavy (non-hydrogen) atoms. The SMILES string of the molecule is Cc1cc(-c2ccc(Cl)c(Cl)c2)nc(-c2ccnc(-c3cccc(S(=O)(=O)O)c3)c2)n1. The zero-order valence-corrected chi connectivity index (χ0v) is 18.4. The lowest BCUT2D eigenvalue weighted by Gasteiger charge is -2.09. The molecule has 6 nitrogen and oxygen atoms in total. The van der Waals surface area contributed by atoms with Gasteiger partial charge in [0.25, 0.3) is 10.1 Å².